The summed E-state index contributed by atoms with van der Waals surface area (Å²) >= 11 is 6.07. The first-order valence-corrected chi connectivity index (χ1v) is 11.7. The molecule has 0 saturated carbocycles. The molecule has 36 heavy (non-hydrogen) atoms. The number of anilines is 1. The van der Waals surface area contributed by atoms with Crippen LogP contribution in [0.1, 0.15) is 22.3 Å². The third-order valence-electron chi connectivity index (χ3n) is 5.98. The average Bonchev–Trinajstić information content (AvgIpc) is 2.89. The van der Waals surface area contributed by atoms with Gasteiger partial charge >= 0.3 is 0 Å². The molecule has 0 atom stereocenters. The quantitative estimate of drug-likeness (QED) is 0.216. The summed E-state index contributed by atoms with van der Waals surface area (Å²) in [5.74, 6) is 0.574. The molecule has 180 valence electrons. The average molecular weight is 497 g/mol. The van der Waals surface area contributed by atoms with E-state index < -0.39 is 5.91 Å². The molecule has 0 aliphatic heterocycles. The third kappa shape index (κ3) is 5.51. The summed E-state index contributed by atoms with van der Waals surface area (Å²) in [6.07, 6.45) is 1.51. The molecule has 6 heteroatoms. The monoisotopic (exact) mass is 496 g/mol. The van der Waals surface area contributed by atoms with Crippen LogP contribution >= 0.6 is 11.6 Å². The molecule has 0 fully saturated rings. The van der Waals surface area contributed by atoms with E-state index in [0.717, 1.165) is 27.5 Å². The van der Waals surface area contributed by atoms with Crippen molar-refractivity contribution in [2.75, 3.05) is 12.4 Å². The van der Waals surface area contributed by atoms with Crippen LogP contribution in [0.5, 0.6) is 11.5 Å². The topological polar surface area (TPSA) is 71.3 Å². The number of hydrogen-bond donors (Lipinski definition) is 1. The fourth-order valence-corrected chi connectivity index (χ4v) is 4.07. The number of methoxy groups -OCH3 is 1. The molecule has 4 rings (SSSR count). The molecule has 0 saturated heterocycles. The number of nitrogens with one attached hydrogen (secondary N) is 1. The number of nitriles is 1. The summed E-state index contributed by atoms with van der Waals surface area (Å²) in [4.78, 5) is 12.9. The summed E-state index contributed by atoms with van der Waals surface area (Å²) in [7, 11) is 1.57. The lowest BCUT2D eigenvalue weighted by Gasteiger charge is -2.15. The SMILES string of the molecule is COc1ccc(/C=C(\C#N)C(=O)Nc2cc(Cl)ccc2C)c(OCc2c(C)ccc3ccccc23)c1. The van der Waals surface area contributed by atoms with Gasteiger partial charge in [-0.05, 0) is 66.1 Å². The number of fused-ring (bicyclic) bond motifs is 1. The third-order valence-corrected chi connectivity index (χ3v) is 6.22. The van der Waals surface area contributed by atoms with Gasteiger partial charge in [0.25, 0.3) is 5.91 Å². The minimum atomic E-state index is -0.533. The number of halogens is 1. The van der Waals surface area contributed by atoms with Crippen LogP contribution in [-0.4, -0.2) is 13.0 Å². The van der Waals surface area contributed by atoms with Gasteiger partial charge in [-0.3, -0.25) is 4.79 Å². The van der Waals surface area contributed by atoms with E-state index in [9.17, 15) is 10.1 Å². The predicted octanol–water partition coefficient (Wildman–Crippen LogP) is 7.24. The lowest BCUT2D eigenvalue weighted by atomic mass is 10.0. The highest BCUT2D eigenvalue weighted by Crippen LogP contribution is 2.30. The van der Waals surface area contributed by atoms with Crippen molar-refractivity contribution in [1.82, 2.24) is 0 Å². The maximum atomic E-state index is 12.9. The Bertz CT molecular complexity index is 1520. The molecule has 0 aromatic heterocycles. The lowest BCUT2D eigenvalue weighted by Crippen LogP contribution is -2.14. The van der Waals surface area contributed by atoms with E-state index in [0.29, 0.717) is 34.4 Å². The molecule has 0 unspecified atom stereocenters. The summed E-state index contributed by atoms with van der Waals surface area (Å²) in [6, 6.07) is 24.8. The smallest absolute Gasteiger partial charge is 0.266 e. The zero-order valence-corrected chi connectivity index (χ0v) is 21.0. The molecule has 1 N–H and O–H groups in total. The van der Waals surface area contributed by atoms with Gasteiger partial charge in [0.15, 0.2) is 0 Å². The van der Waals surface area contributed by atoms with Crippen molar-refractivity contribution in [3.05, 3.63) is 106 Å². The predicted molar refractivity (Wildman–Crippen MR) is 144 cm³/mol. The molecule has 4 aromatic rings. The molecule has 0 aliphatic carbocycles. The highest BCUT2D eigenvalue weighted by molar-refractivity contribution is 6.31. The van der Waals surface area contributed by atoms with Crippen LogP contribution in [-0.2, 0) is 11.4 Å². The van der Waals surface area contributed by atoms with Gasteiger partial charge in [0, 0.05) is 27.9 Å². The van der Waals surface area contributed by atoms with E-state index in [1.807, 2.05) is 32.0 Å². The van der Waals surface area contributed by atoms with Gasteiger partial charge in [-0.15, -0.1) is 0 Å². The Morgan fingerprint density at radius 2 is 1.81 bits per heavy atom. The van der Waals surface area contributed by atoms with E-state index in [1.54, 1.807) is 43.5 Å². The van der Waals surface area contributed by atoms with E-state index in [2.05, 4.69) is 29.6 Å². The van der Waals surface area contributed by atoms with Gasteiger partial charge in [0.1, 0.15) is 29.7 Å². The van der Waals surface area contributed by atoms with Gasteiger partial charge in [-0.25, -0.2) is 0 Å². The number of rotatable bonds is 7. The Morgan fingerprint density at radius 3 is 2.58 bits per heavy atom. The number of carbonyl (C=O) groups excluding carboxylic acids is 1. The molecule has 0 heterocycles. The van der Waals surface area contributed by atoms with Crippen molar-refractivity contribution in [2.45, 2.75) is 20.5 Å². The summed E-state index contributed by atoms with van der Waals surface area (Å²) in [5, 5.41) is 15.3. The fourth-order valence-electron chi connectivity index (χ4n) is 3.90. The summed E-state index contributed by atoms with van der Waals surface area (Å²) in [5.41, 5.74) is 4.09. The largest absolute Gasteiger partial charge is 0.497 e. The zero-order valence-electron chi connectivity index (χ0n) is 20.3. The molecule has 0 radical (unpaired) electrons. The Hall–Kier alpha value is -4.27. The highest BCUT2D eigenvalue weighted by Gasteiger charge is 2.14. The number of carbonyl (C=O) groups is 1. The van der Waals surface area contributed by atoms with Crippen LogP contribution in [0.25, 0.3) is 16.8 Å². The standard InChI is InChI=1S/C30H25ClN2O3/c1-19-8-10-21-6-4-5-7-26(21)27(19)18-36-29-16-25(35-3)13-11-22(29)14-23(17-32)30(34)33-28-15-24(31)12-9-20(28)2/h4-16H,18H2,1-3H3,(H,33,34)/b23-14+. The van der Waals surface area contributed by atoms with Crippen LogP contribution in [0.4, 0.5) is 5.69 Å². The maximum absolute atomic E-state index is 12.9. The second-order valence-corrected chi connectivity index (χ2v) is 8.79. The van der Waals surface area contributed by atoms with E-state index >= 15 is 0 Å². The summed E-state index contributed by atoms with van der Waals surface area (Å²) < 4.78 is 11.6. The minimum absolute atomic E-state index is 0.0641. The molecule has 1 amide bonds. The maximum Gasteiger partial charge on any atom is 0.266 e. The first-order chi connectivity index (χ1) is 17.4. The zero-order chi connectivity index (χ0) is 25.7. The van der Waals surface area contributed by atoms with Crippen LogP contribution in [0, 0.1) is 25.2 Å². The number of ether oxygens (including phenoxy) is 2. The van der Waals surface area contributed by atoms with Gasteiger partial charge in [-0.1, -0.05) is 54.1 Å². The van der Waals surface area contributed by atoms with Crippen molar-refractivity contribution >= 4 is 40.0 Å². The molecular weight excluding hydrogens is 472 g/mol. The van der Waals surface area contributed by atoms with Crippen molar-refractivity contribution in [3.63, 3.8) is 0 Å². The molecule has 0 bridgehead atoms. The normalized spacial score (nSPS) is 11.1. The van der Waals surface area contributed by atoms with Gasteiger partial charge < -0.3 is 14.8 Å². The number of aryl methyl sites for hydroxylation is 2. The van der Waals surface area contributed by atoms with E-state index in [1.165, 1.54) is 6.08 Å². The summed E-state index contributed by atoms with van der Waals surface area (Å²) in [6.45, 7) is 4.22. The van der Waals surface area contributed by atoms with Crippen LogP contribution in [0.15, 0.2) is 78.4 Å². The Morgan fingerprint density at radius 1 is 1.03 bits per heavy atom. The van der Waals surface area contributed by atoms with Crippen molar-refractivity contribution in [3.8, 4) is 17.6 Å². The minimum Gasteiger partial charge on any atom is -0.497 e. The molecule has 4 aromatic carbocycles. The van der Waals surface area contributed by atoms with Crippen molar-refractivity contribution in [1.29, 1.82) is 5.26 Å². The van der Waals surface area contributed by atoms with Gasteiger partial charge in [-0.2, -0.15) is 5.26 Å². The van der Waals surface area contributed by atoms with Crippen molar-refractivity contribution in [2.24, 2.45) is 0 Å². The molecular formula is C30H25ClN2O3. The van der Waals surface area contributed by atoms with Crippen LogP contribution in [0.3, 0.4) is 0 Å². The number of nitrogens with zero attached hydrogens (tertiary/aromatic N) is 1. The second-order valence-electron chi connectivity index (χ2n) is 8.36. The molecule has 0 aliphatic rings. The molecule has 5 nitrogen and oxygen atoms in total. The van der Waals surface area contributed by atoms with E-state index in [-0.39, 0.29) is 5.57 Å². The number of benzene rings is 4. The Kier molecular flexibility index (Phi) is 7.58. The molecule has 0 spiro atoms. The Labute approximate surface area is 215 Å². The highest BCUT2D eigenvalue weighted by atomic mass is 35.5. The number of hydrogen-bond acceptors (Lipinski definition) is 4. The van der Waals surface area contributed by atoms with E-state index in [4.69, 9.17) is 21.1 Å². The van der Waals surface area contributed by atoms with Crippen molar-refractivity contribution < 1.29 is 14.3 Å². The van der Waals surface area contributed by atoms with Crippen LogP contribution in [0.2, 0.25) is 5.02 Å². The first kappa shape index (κ1) is 24.8. The lowest BCUT2D eigenvalue weighted by molar-refractivity contribution is -0.112. The van der Waals surface area contributed by atoms with Gasteiger partial charge in [0.05, 0.1) is 7.11 Å². The van der Waals surface area contributed by atoms with Crippen LogP contribution < -0.4 is 14.8 Å². The number of amides is 1. The van der Waals surface area contributed by atoms with Gasteiger partial charge in [0.2, 0.25) is 0 Å². The fraction of sp³-hybridized carbons (Fsp3) is 0.133. The second kappa shape index (κ2) is 11.0. The first-order valence-electron chi connectivity index (χ1n) is 11.4. The Balaban J connectivity index is 1.65.